The molecule has 2 rings (SSSR count). The normalized spacial score (nSPS) is 18.5. The Morgan fingerprint density at radius 1 is 1.59 bits per heavy atom. The quantitative estimate of drug-likeness (QED) is 0.613. The lowest BCUT2D eigenvalue weighted by atomic mass is 10.1. The van der Waals surface area contributed by atoms with Crippen molar-refractivity contribution in [2.45, 2.75) is 19.9 Å². The van der Waals surface area contributed by atoms with Crippen LogP contribution in [0.3, 0.4) is 0 Å². The van der Waals surface area contributed by atoms with E-state index < -0.39 is 0 Å². The Morgan fingerprint density at radius 3 is 3.00 bits per heavy atom. The predicted octanol–water partition coefficient (Wildman–Crippen LogP) is 2.63. The van der Waals surface area contributed by atoms with Gasteiger partial charge in [0.05, 0.1) is 11.7 Å². The van der Waals surface area contributed by atoms with E-state index in [9.17, 15) is 4.79 Å². The highest BCUT2D eigenvalue weighted by molar-refractivity contribution is 6.18. The van der Waals surface area contributed by atoms with Gasteiger partial charge in [0.15, 0.2) is 0 Å². The molecule has 0 bridgehead atoms. The largest absolute Gasteiger partial charge is 0.489 e. The minimum atomic E-state index is 0.308. The number of hydrogen-bond donors (Lipinski definition) is 0. The zero-order valence-corrected chi connectivity index (χ0v) is 10.8. The Balaban J connectivity index is 2.45. The van der Waals surface area contributed by atoms with Gasteiger partial charge in [0.1, 0.15) is 18.6 Å². The summed E-state index contributed by atoms with van der Waals surface area (Å²) in [7, 11) is 0. The summed E-state index contributed by atoms with van der Waals surface area (Å²) in [6.45, 7) is 5.46. The molecular weight excluding hydrogens is 238 g/mol. The molecule has 0 spiro atoms. The second-order valence-corrected chi connectivity index (χ2v) is 4.71. The van der Waals surface area contributed by atoms with E-state index in [1.165, 1.54) is 0 Å². The average Bonchev–Trinajstić information content (AvgIpc) is 2.33. The van der Waals surface area contributed by atoms with Gasteiger partial charge in [-0.3, -0.25) is 4.79 Å². The number of hydrogen-bond acceptors (Lipinski definition) is 3. The van der Waals surface area contributed by atoms with Crippen LogP contribution in [-0.4, -0.2) is 31.4 Å². The molecule has 0 saturated heterocycles. The minimum absolute atomic E-state index is 0.308. The first-order valence-corrected chi connectivity index (χ1v) is 6.26. The molecule has 17 heavy (non-hydrogen) atoms. The monoisotopic (exact) mass is 253 g/mol. The van der Waals surface area contributed by atoms with E-state index in [0.717, 1.165) is 29.8 Å². The molecule has 1 heterocycles. The SMILES string of the molecule is Cc1cc2c(cc1C=O)OCC(C)N2CCCl. The van der Waals surface area contributed by atoms with Crippen LogP contribution in [0.25, 0.3) is 0 Å². The van der Waals surface area contributed by atoms with Crippen molar-refractivity contribution in [3.63, 3.8) is 0 Å². The Bertz CT molecular complexity index is 434. The van der Waals surface area contributed by atoms with Gasteiger partial charge in [0, 0.05) is 18.0 Å². The summed E-state index contributed by atoms with van der Waals surface area (Å²) in [4.78, 5) is 13.1. The summed E-state index contributed by atoms with van der Waals surface area (Å²) in [6, 6.07) is 4.12. The topological polar surface area (TPSA) is 29.5 Å². The van der Waals surface area contributed by atoms with Crippen LogP contribution in [0.4, 0.5) is 5.69 Å². The molecule has 0 fully saturated rings. The van der Waals surface area contributed by atoms with E-state index in [-0.39, 0.29) is 0 Å². The highest BCUT2D eigenvalue weighted by Crippen LogP contribution is 2.35. The highest BCUT2D eigenvalue weighted by atomic mass is 35.5. The fraction of sp³-hybridized carbons (Fsp3) is 0.462. The number of carbonyl (C=O) groups is 1. The first-order valence-electron chi connectivity index (χ1n) is 5.72. The number of aldehydes is 1. The Morgan fingerprint density at radius 2 is 2.35 bits per heavy atom. The molecule has 0 aromatic heterocycles. The van der Waals surface area contributed by atoms with E-state index in [1.807, 2.05) is 19.1 Å². The van der Waals surface area contributed by atoms with Crippen molar-refractivity contribution in [2.75, 3.05) is 23.9 Å². The Labute approximate surface area is 106 Å². The predicted molar refractivity (Wildman–Crippen MR) is 69.6 cm³/mol. The number of aryl methyl sites for hydroxylation is 1. The Hall–Kier alpha value is -1.22. The van der Waals surface area contributed by atoms with Crippen LogP contribution in [0.1, 0.15) is 22.8 Å². The van der Waals surface area contributed by atoms with Crippen molar-refractivity contribution in [3.05, 3.63) is 23.3 Å². The summed E-state index contributed by atoms with van der Waals surface area (Å²) < 4.78 is 5.67. The second kappa shape index (κ2) is 4.96. The van der Waals surface area contributed by atoms with Crippen molar-refractivity contribution < 1.29 is 9.53 Å². The van der Waals surface area contributed by atoms with Crippen molar-refractivity contribution in [3.8, 4) is 5.75 Å². The van der Waals surface area contributed by atoms with Crippen molar-refractivity contribution in [1.82, 2.24) is 0 Å². The summed E-state index contributed by atoms with van der Waals surface area (Å²) in [5.74, 6) is 1.36. The number of benzene rings is 1. The first-order chi connectivity index (χ1) is 8.17. The van der Waals surface area contributed by atoms with Gasteiger partial charge in [-0.15, -0.1) is 11.6 Å². The molecule has 3 nitrogen and oxygen atoms in total. The van der Waals surface area contributed by atoms with Crippen molar-refractivity contribution in [1.29, 1.82) is 0 Å². The molecule has 1 atom stereocenters. The van der Waals surface area contributed by atoms with Gasteiger partial charge in [-0.25, -0.2) is 0 Å². The zero-order chi connectivity index (χ0) is 12.4. The summed E-state index contributed by atoms with van der Waals surface area (Å²) >= 11 is 5.83. The first kappa shape index (κ1) is 12.2. The molecule has 4 heteroatoms. The maximum atomic E-state index is 10.9. The molecule has 1 aliphatic heterocycles. The maximum Gasteiger partial charge on any atom is 0.150 e. The van der Waals surface area contributed by atoms with Crippen LogP contribution in [0.2, 0.25) is 0 Å². The molecule has 1 unspecified atom stereocenters. The number of fused-ring (bicyclic) bond motifs is 1. The van der Waals surface area contributed by atoms with Crippen molar-refractivity contribution >= 4 is 23.6 Å². The molecular formula is C13H16ClNO2. The van der Waals surface area contributed by atoms with E-state index >= 15 is 0 Å². The molecule has 92 valence electrons. The third-order valence-electron chi connectivity index (χ3n) is 3.12. The fourth-order valence-electron chi connectivity index (χ4n) is 2.13. The number of halogens is 1. The lowest BCUT2D eigenvalue weighted by Gasteiger charge is -2.36. The molecule has 1 aromatic rings. The molecule has 1 aromatic carbocycles. The molecule has 0 amide bonds. The van der Waals surface area contributed by atoms with Gasteiger partial charge in [0.25, 0.3) is 0 Å². The van der Waals surface area contributed by atoms with Gasteiger partial charge in [-0.1, -0.05) is 0 Å². The molecule has 0 radical (unpaired) electrons. The average molecular weight is 254 g/mol. The second-order valence-electron chi connectivity index (χ2n) is 4.34. The number of carbonyl (C=O) groups excluding carboxylic acids is 1. The van der Waals surface area contributed by atoms with Gasteiger partial charge in [-0.05, 0) is 31.5 Å². The molecule has 0 N–H and O–H groups in total. The summed E-state index contributed by atoms with van der Waals surface area (Å²) in [6.07, 6.45) is 0.864. The van der Waals surface area contributed by atoms with Crippen LogP contribution in [0.15, 0.2) is 12.1 Å². The maximum absolute atomic E-state index is 10.9. The van der Waals surface area contributed by atoms with Gasteiger partial charge in [0.2, 0.25) is 0 Å². The van der Waals surface area contributed by atoms with Gasteiger partial charge in [-0.2, -0.15) is 0 Å². The molecule has 0 aliphatic carbocycles. The van der Waals surface area contributed by atoms with Crippen LogP contribution < -0.4 is 9.64 Å². The molecule has 1 aliphatic rings. The number of rotatable bonds is 3. The zero-order valence-electron chi connectivity index (χ0n) is 10.1. The third-order valence-corrected chi connectivity index (χ3v) is 3.29. The third kappa shape index (κ3) is 2.25. The fourth-order valence-corrected chi connectivity index (χ4v) is 2.31. The lowest BCUT2D eigenvalue weighted by molar-refractivity contribution is 0.112. The van der Waals surface area contributed by atoms with E-state index in [4.69, 9.17) is 16.3 Å². The highest BCUT2D eigenvalue weighted by Gasteiger charge is 2.24. The van der Waals surface area contributed by atoms with E-state index in [1.54, 1.807) is 0 Å². The lowest BCUT2D eigenvalue weighted by Crippen LogP contribution is -2.42. The minimum Gasteiger partial charge on any atom is -0.489 e. The Kier molecular flexibility index (Phi) is 3.57. The number of nitrogens with zero attached hydrogens (tertiary/aromatic N) is 1. The summed E-state index contributed by atoms with van der Waals surface area (Å²) in [5.41, 5.74) is 2.69. The van der Waals surface area contributed by atoms with Crippen molar-refractivity contribution in [2.24, 2.45) is 0 Å². The standard InChI is InChI=1S/C13H16ClNO2/c1-9-5-12-13(6-11(9)7-16)17-8-10(2)15(12)4-3-14/h5-7,10H,3-4,8H2,1-2H3. The number of anilines is 1. The van der Waals surface area contributed by atoms with Crippen LogP contribution in [0.5, 0.6) is 5.75 Å². The van der Waals surface area contributed by atoms with E-state index in [2.05, 4.69) is 11.8 Å². The molecule has 0 saturated carbocycles. The smallest absolute Gasteiger partial charge is 0.150 e. The van der Waals surface area contributed by atoms with Crippen LogP contribution >= 0.6 is 11.6 Å². The van der Waals surface area contributed by atoms with Gasteiger partial charge < -0.3 is 9.64 Å². The summed E-state index contributed by atoms with van der Waals surface area (Å²) in [5, 5.41) is 0. The van der Waals surface area contributed by atoms with Crippen LogP contribution in [-0.2, 0) is 0 Å². The number of ether oxygens (including phenoxy) is 1. The van der Waals surface area contributed by atoms with Gasteiger partial charge >= 0.3 is 0 Å². The van der Waals surface area contributed by atoms with Crippen LogP contribution in [0, 0.1) is 6.92 Å². The number of alkyl halides is 1. The van der Waals surface area contributed by atoms with E-state index in [0.29, 0.717) is 24.1 Å².